The first-order valence-electron chi connectivity index (χ1n) is 12.1. The molecule has 0 spiro atoms. The van der Waals surface area contributed by atoms with Gasteiger partial charge < -0.3 is 4.90 Å². The Bertz CT molecular complexity index is 321. The number of hydrogen-bond donors (Lipinski definition) is 0. The van der Waals surface area contributed by atoms with Crippen LogP contribution >= 0.6 is 0 Å². The summed E-state index contributed by atoms with van der Waals surface area (Å²) in [5.74, 6) is 2.67. The lowest BCUT2D eigenvalue weighted by molar-refractivity contribution is 0.117. The molecule has 2 rings (SSSR count). The Morgan fingerprint density at radius 2 is 1.32 bits per heavy atom. The maximum Gasteiger partial charge on any atom is 0.0101 e. The topological polar surface area (TPSA) is 6.48 Å². The highest BCUT2D eigenvalue weighted by Crippen LogP contribution is 2.25. The number of likely N-dealkylation sites (tertiary alicyclic amines) is 2. The molecule has 0 aliphatic carbocycles. The monoisotopic (exact) mass is 398 g/mol. The van der Waals surface area contributed by atoms with Gasteiger partial charge in [-0.15, -0.1) is 0 Å². The molecule has 0 radical (unpaired) electrons. The Balaban J connectivity index is 0. The summed E-state index contributed by atoms with van der Waals surface area (Å²) in [5, 5.41) is 0. The van der Waals surface area contributed by atoms with Crippen molar-refractivity contribution in [1.82, 2.24) is 9.80 Å². The van der Waals surface area contributed by atoms with Gasteiger partial charge in [-0.3, -0.25) is 4.90 Å². The van der Waals surface area contributed by atoms with Gasteiger partial charge in [0.05, 0.1) is 0 Å². The van der Waals surface area contributed by atoms with E-state index >= 15 is 0 Å². The summed E-state index contributed by atoms with van der Waals surface area (Å²) in [4.78, 5) is 5.29. The van der Waals surface area contributed by atoms with E-state index in [9.17, 15) is 0 Å². The molecule has 2 heterocycles. The summed E-state index contributed by atoms with van der Waals surface area (Å²) in [7, 11) is 0. The number of hydrogen-bond acceptors (Lipinski definition) is 2. The molecule has 0 aromatic carbocycles. The van der Waals surface area contributed by atoms with E-state index in [0.717, 1.165) is 35.9 Å². The lowest BCUT2D eigenvalue weighted by Crippen LogP contribution is -2.41. The molecule has 2 aliphatic heterocycles. The van der Waals surface area contributed by atoms with Crippen molar-refractivity contribution < 1.29 is 0 Å². The predicted molar refractivity (Wildman–Crippen MR) is 131 cm³/mol. The van der Waals surface area contributed by atoms with Gasteiger partial charge in [-0.2, -0.15) is 0 Å². The number of piperidine rings is 1. The minimum Gasteiger partial charge on any atom is -0.301 e. The van der Waals surface area contributed by atoms with E-state index in [1.807, 2.05) is 0 Å². The van der Waals surface area contributed by atoms with Crippen LogP contribution < -0.4 is 0 Å². The molecule has 2 aliphatic rings. The smallest absolute Gasteiger partial charge is 0.0101 e. The summed E-state index contributed by atoms with van der Waals surface area (Å²) in [6.07, 6.45) is 8.33. The van der Waals surface area contributed by atoms with Crippen molar-refractivity contribution in [2.45, 2.75) is 133 Å². The molecule has 0 saturated carbocycles. The van der Waals surface area contributed by atoms with Crippen molar-refractivity contribution in [1.29, 1.82) is 0 Å². The summed E-state index contributed by atoms with van der Waals surface area (Å²) < 4.78 is 0. The number of rotatable bonds is 5. The highest BCUT2D eigenvalue weighted by molar-refractivity contribution is 4.82. The van der Waals surface area contributed by atoms with Gasteiger partial charge in [0.25, 0.3) is 0 Å². The molecule has 0 bridgehead atoms. The fourth-order valence-electron chi connectivity index (χ4n) is 4.39. The summed E-state index contributed by atoms with van der Waals surface area (Å²) in [5.41, 5.74) is 0. The standard InChI is InChI=1S/2C11H23N.C3H8.CH4/c1-9(2)11-6-5-7-12(8-11)10(3)4;1-9(2)8-11-6-5-7-12(11)10(3)4;1-3-2;/h2*9-11H,5-8H2,1-4H3;3H2,1-2H3;1H4. The van der Waals surface area contributed by atoms with Gasteiger partial charge in [-0.1, -0.05) is 55.4 Å². The first-order chi connectivity index (χ1) is 12.6. The van der Waals surface area contributed by atoms with Crippen molar-refractivity contribution in [2.24, 2.45) is 17.8 Å². The Kier molecular flexibility index (Phi) is 17.9. The van der Waals surface area contributed by atoms with Crippen LogP contribution in [0, 0.1) is 17.8 Å². The molecule has 2 atom stereocenters. The fourth-order valence-corrected chi connectivity index (χ4v) is 4.39. The minimum atomic E-state index is 0. The molecular weight excluding hydrogens is 340 g/mol. The molecule has 2 nitrogen and oxygen atoms in total. The van der Waals surface area contributed by atoms with Crippen molar-refractivity contribution in [3.05, 3.63) is 0 Å². The quantitative estimate of drug-likeness (QED) is 0.467. The average molecular weight is 399 g/mol. The Hall–Kier alpha value is -0.0800. The molecule has 2 fully saturated rings. The Morgan fingerprint density at radius 1 is 0.786 bits per heavy atom. The van der Waals surface area contributed by atoms with E-state index < -0.39 is 0 Å². The first kappa shape index (κ1) is 30.1. The van der Waals surface area contributed by atoms with Crippen molar-refractivity contribution in [3.63, 3.8) is 0 Å². The summed E-state index contributed by atoms with van der Waals surface area (Å²) in [6.45, 7) is 26.9. The molecule has 0 amide bonds. The van der Waals surface area contributed by atoms with E-state index in [-0.39, 0.29) is 7.43 Å². The maximum absolute atomic E-state index is 2.67. The van der Waals surface area contributed by atoms with Crippen molar-refractivity contribution in [3.8, 4) is 0 Å². The van der Waals surface area contributed by atoms with E-state index in [4.69, 9.17) is 0 Å². The van der Waals surface area contributed by atoms with Gasteiger partial charge in [0, 0.05) is 24.7 Å². The highest BCUT2D eigenvalue weighted by Gasteiger charge is 2.26. The fraction of sp³-hybridized carbons (Fsp3) is 1.00. The van der Waals surface area contributed by atoms with Crippen molar-refractivity contribution >= 4 is 0 Å². The molecule has 2 saturated heterocycles. The van der Waals surface area contributed by atoms with Crippen LogP contribution in [0.15, 0.2) is 0 Å². The van der Waals surface area contributed by atoms with Crippen LogP contribution in [0.1, 0.15) is 115 Å². The molecule has 0 N–H and O–H groups in total. The van der Waals surface area contributed by atoms with Gasteiger partial charge in [0.15, 0.2) is 0 Å². The number of nitrogens with zero attached hydrogens (tertiary/aromatic N) is 2. The molecule has 28 heavy (non-hydrogen) atoms. The van der Waals surface area contributed by atoms with Crippen LogP contribution in [0.25, 0.3) is 0 Å². The van der Waals surface area contributed by atoms with Gasteiger partial charge >= 0.3 is 0 Å². The molecule has 2 heteroatoms. The van der Waals surface area contributed by atoms with Gasteiger partial charge in [-0.05, 0) is 90.6 Å². The second-order valence-electron chi connectivity index (χ2n) is 10.2. The van der Waals surface area contributed by atoms with E-state index in [2.05, 4.69) is 79.0 Å². The zero-order valence-corrected chi connectivity index (χ0v) is 20.7. The van der Waals surface area contributed by atoms with E-state index in [0.29, 0.717) is 0 Å². The van der Waals surface area contributed by atoms with Crippen LogP contribution in [0.4, 0.5) is 0 Å². The summed E-state index contributed by atoms with van der Waals surface area (Å²) in [6, 6.07) is 2.37. The van der Waals surface area contributed by atoms with E-state index in [1.165, 1.54) is 58.2 Å². The maximum atomic E-state index is 2.67. The molecule has 0 aromatic heterocycles. The third kappa shape index (κ3) is 12.5. The van der Waals surface area contributed by atoms with Crippen LogP contribution in [-0.2, 0) is 0 Å². The third-order valence-corrected chi connectivity index (χ3v) is 5.99. The van der Waals surface area contributed by atoms with Gasteiger partial charge in [-0.25, -0.2) is 0 Å². The third-order valence-electron chi connectivity index (χ3n) is 5.99. The predicted octanol–water partition coefficient (Wildman–Crippen LogP) is 7.72. The zero-order valence-electron chi connectivity index (χ0n) is 20.7. The molecule has 2 unspecified atom stereocenters. The normalized spacial score (nSPS) is 23.4. The Morgan fingerprint density at radius 3 is 1.75 bits per heavy atom. The van der Waals surface area contributed by atoms with Crippen molar-refractivity contribution in [2.75, 3.05) is 19.6 Å². The van der Waals surface area contributed by atoms with Crippen LogP contribution in [0.3, 0.4) is 0 Å². The van der Waals surface area contributed by atoms with Gasteiger partial charge in [0.2, 0.25) is 0 Å². The first-order valence-corrected chi connectivity index (χ1v) is 12.1. The van der Waals surface area contributed by atoms with Gasteiger partial charge in [0.1, 0.15) is 0 Å². The second-order valence-corrected chi connectivity index (χ2v) is 10.2. The lowest BCUT2D eigenvalue weighted by Gasteiger charge is -2.37. The largest absolute Gasteiger partial charge is 0.301 e. The average Bonchev–Trinajstić information content (AvgIpc) is 3.04. The van der Waals surface area contributed by atoms with Crippen LogP contribution in [-0.4, -0.2) is 47.6 Å². The van der Waals surface area contributed by atoms with E-state index in [1.54, 1.807) is 0 Å². The Labute approximate surface area is 180 Å². The summed E-state index contributed by atoms with van der Waals surface area (Å²) >= 11 is 0. The molecule has 0 aromatic rings. The molecular formula is C26H58N2. The SMILES string of the molecule is C.CC(C)C1CCCN(C(C)C)C1.CC(C)CC1CCCN1C(C)C.CCC. The zero-order chi connectivity index (χ0) is 21.0. The lowest BCUT2D eigenvalue weighted by atomic mass is 9.87. The molecule has 172 valence electrons. The van der Waals surface area contributed by atoms with Crippen LogP contribution in [0.5, 0.6) is 0 Å². The second kappa shape index (κ2) is 16.7. The highest BCUT2D eigenvalue weighted by atomic mass is 15.2. The van der Waals surface area contributed by atoms with Crippen LogP contribution in [0.2, 0.25) is 0 Å². The minimum absolute atomic E-state index is 0.